The van der Waals surface area contributed by atoms with Crippen LogP contribution < -0.4 is 25.2 Å². The second kappa shape index (κ2) is 7.58. The van der Waals surface area contributed by atoms with Gasteiger partial charge in [0.15, 0.2) is 5.65 Å². The van der Waals surface area contributed by atoms with Gasteiger partial charge >= 0.3 is 6.03 Å². The van der Waals surface area contributed by atoms with E-state index >= 15 is 0 Å². The molecule has 10 nitrogen and oxygen atoms in total. The number of anilines is 3. The minimum Gasteiger partial charge on any atom is -0.491 e. The largest absolute Gasteiger partial charge is 0.491 e. The quantitative estimate of drug-likeness (QED) is 0.632. The number of aromatic nitrogens is 4. The lowest BCUT2D eigenvalue weighted by Crippen LogP contribution is -2.52. The van der Waals surface area contributed by atoms with Crippen molar-refractivity contribution in [2.75, 3.05) is 47.9 Å². The maximum Gasteiger partial charge on any atom is 0.327 e. The SMILES string of the molecule is CCOc1cc2nc(C)nn2cc1NC(=O)N1CCc2c(N3CCNC4(CC4)C3)ccnc21. The highest BCUT2D eigenvalue weighted by atomic mass is 16.5. The van der Waals surface area contributed by atoms with Crippen molar-refractivity contribution < 1.29 is 9.53 Å². The van der Waals surface area contributed by atoms with Crippen LogP contribution >= 0.6 is 0 Å². The number of ether oxygens (including phenoxy) is 1. The van der Waals surface area contributed by atoms with Gasteiger partial charge in [-0.05, 0) is 39.2 Å². The molecule has 0 unspecified atom stereocenters. The fourth-order valence-electron chi connectivity index (χ4n) is 4.99. The number of hydrogen-bond acceptors (Lipinski definition) is 7. The molecule has 3 aromatic rings. The molecule has 2 fully saturated rings. The number of aryl methyl sites for hydroxylation is 1. The average molecular weight is 449 g/mol. The van der Waals surface area contributed by atoms with Crippen LogP contribution in [0.25, 0.3) is 5.65 Å². The van der Waals surface area contributed by atoms with Crippen molar-refractivity contribution >= 4 is 28.9 Å². The fraction of sp³-hybridized carbons (Fsp3) is 0.478. The van der Waals surface area contributed by atoms with Crippen molar-refractivity contribution in [3.63, 3.8) is 0 Å². The van der Waals surface area contributed by atoms with Gasteiger partial charge in [-0.25, -0.2) is 19.3 Å². The topological polar surface area (TPSA) is 99.9 Å². The first-order valence-corrected chi connectivity index (χ1v) is 11.6. The lowest BCUT2D eigenvalue weighted by atomic mass is 10.1. The molecule has 2 aliphatic heterocycles. The number of urea groups is 1. The molecular formula is C23H28N8O2. The lowest BCUT2D eigenvalue weighted by molar-refractivity contribution is 0.257. The van der Waals surface area contributed by atoms with Gasteiger partial charge in [-0.3, -0.25) is 4.90 Å². The summed E-state index contributed by atoms with van der Waals surface area (Å²) in [5.74, 6) is 1.97. The van der Waals surface area contributed by atoms with Gasteiger partial charge in [-0.1, -0.05) is 0 Å². The van der Waals surface area contributed by atoms with Crippen molar-refractivity contribution in [2.24, 2.45) is 0 Å². The molecule has 1 saturated heterocycles. The van der Waals surface area contributed by atoms with Crippen LogP contribution in [0.5, 0.6) is 5.75 Å². The van der Waals surface area contributed by atoms with E-state index < -0.39 is 0 Å². The van der Waals surface area contributed by atoms with Gasteiger partial charge in [0, 0.05) is 55.2 Å². The number of carbonyl (C=O) groups excluding carboxylic acids is 1. The van der Waals surface area contributed by atoms with Gasteiger partial charge in [-0.15, -0.1) is 0 Å². The molecular weight excluding hydrogens is 420 g/mol. The lowest BCUT2D eigenvalue weighted by Gasteiger charge is -2.36. The molecule has 0 aromatic carbocycles. The fourth-order valence-corrected chi connectivity index (χ4v) is 4.99. The third kappa shape index (κ3) is 3.54. The summed E-state index contributed by atoms with van der Waals surface area (Å²) >= 11 is 0. The molecule has 5 heterocycles. The van der Waals surface area contributed by atoms with Crippen LogP contribution in [0.15, 0.2) is 24.5 Å². The Morgan fingerprint density at radius 1 is 1.33 bits per heavy atom. The number of nitrogens with zero attached hydrogens (tertiary/aromatic N) is 6. The van der Waals surface area contributed by atoms with E-state index in [1.54, 1.807) is 21.7 Å². The minimum absolute atomic E-state index is 0.227. The summed E-state index contributed by atoms with van der Waals surface area (Å²) < 4.78 is 7.42. The van der Waals surface area contributed by atoms with E-state index in [1.807, 2.05) is 20.0 Å². The van der Waals surface area contributed by atoms with Crippen LogP contribution in [-0.4, -0.2) is 63.9 Å². The van der Waals surface area contributed by atoms with Crippen molar-refractivity contribution in [1.82, 2.24) is 24.9 Å². The number of pyridine rings is 2. The minimum atomic E-state index is -0.227. The van der Waals surface area contributed by atoms with Gasteiger partial charge in [0.05, 0.1) is 12.8 Å². The standard InChI is InChI=1S/C23H28N8O2/c1-3-33-19-12-20-26-15(2)28-31(20)13-17(19)27-22(32)30-10-5-16-18(4-8-24-21(16)30)29-11-9-25-23(14-29)6-7-23/h4,8,12-13,25H,3,5-7,9-11,14H2,1-2H3,(H,27,32). The summed E-state index contributed by atoms with van der Waals surface area (Å²) in [6.45, 7) is 7.80. The van der Waals surface area contributed by atoms with Crippen LogP contribution in [0.2, 0.25) is 0 Å². The van der Waals surface area contributed by atoms with E-state index in [9.17, 15) is 4.79 Å². The Balaban J connectivity index is 1.27. The molecule has 3 aliphatic rings. The normalized spacial score (nSPS) is 18.6. The second-order valence-electron chi connectivity index (χ2n) is 9.04. The molecule has 10 heteroatoms. The monoisotopic (exact) mass is 448 g/mol. The smallest absolute Gasteiger partial charge is 0.327 e. The van der Waals surface area contributed by atoms with Gasteiger partial charge in [0.1, 0.15) is 23.1 Å². The van der Waals surface area contributed by atoms with E-state index in [1.165, 1.54) is 18.5 Å². The van der Waals surface area contributed by atoms with Crippen LogP contribution in [0.4, 0.5) is 22.0 Å². The molecule has 172 valence electrons. The Kier molecular flexibility index (Phi) is 4.65. The van der Waals surface area contributed by atoms with Crippen LogP contribution in [-0.2, 0) is 6.42 Å². The Labute approximate surface area is 191 Å². The number of piperazine rings is 1. The van der Waals surface area contributed by atoms with E-state index in [2.05, 4.69) is 36.7 Å². The summed E-state index contributed by atoms with van der Waals surface area (Å²) in [5, 5.41) is 11.0. The van der Waals surface area contributed by atoms with Crippen molar-refractivity contribution in [3.8, 4) is 5.75 Å². The van der Waals surface area contributed by atoms with Gasteiger partial charge < -0.3 is 20.3 Å². The average Bonchev–Trinajstić information content (AvgIpc) is 3.23. The molecule has 0 bridgehead atoms. The molecule has 33 heavy (non-hydrogen) atoms. The maximum absolute atomic E-state index is 13.3. The van der Waals surface area contributed by atoms with Crippen molar-refractivity contribution in [3.05, 3.63) is 35.9 Å². The number of carbonyl (C=O) groups is 1. The molecule has 0 radical (unpaired) electrons. The maximum atomic E-state index is 13.3. The Morgan fingerprint density at radius 2 is 2.21 bits per heavy atom. The third-order valence-electron chi connectivity index (χ3n) is 6.75. The van der Waals surface area contributed by atoms with Gasteiger partial charge in [-0.2, -0.15) is 5.10 Å². The van der Waals surface area contributed by atoms with E-state index in [4.69, 9.17) is 4.74 Å². The number of hydrogen-bond donors (Lipinski definition) is 2. The summed E-state index contributed by atoms with van der Waals surface area (Å²) in [4.78, 5) is 26.5. The van der Waals surface area contributed by atoms with Crippen LogP contribution in [0.3, 0.4) is 0 Å². The second-order valence-corrected chi connectivity index (χ2v) is 9.04. The summed E-state index contributed by atoms with van der Waals surface area (Å²) in [6, 6.07) is 3.66. The zero-order chi connectivity index (χ0) is 22.6. The molecule has 1 aliphatic carbocycles. The number of fused-ring (bicyclic) bond motifs is 2. The van der Waals surface area contributed by atoms with Crippen molar-refractivity contribution in [2.45, 2.75) is 38.6 Å². The molecule has 0 atom stereocenters. The Bertz CT molecular complexity index is 1230. The number of amides is 2. The highest BCUT2D eigenvalue weighted by Gasteiger charge is 2.46. The van der Waals surface area contributed by atoms with Gasteiger partial charge in [0.25, 0.3) is 0 Å². The van der Waals surface area contributed by atoms with E-state index in [0.29, 0.717) is 36.1 Å². The predicted molar refractivity (Wildman–Crippen MR) is 125 cm³/mol. The summed E-state index contributed by atoms with van der Waals surface area (Å²) in [6.07, 6.45) is 6.83. The Hall–Kier alpha value is -3.40. The number of rotatable bonds is 4. The third-order valence-corrected chi connectivity index (χ3v) is 6.75. The zero-order valence-corrected chi connectivity index (χ0v) is 19.0. The van der Waals surface area contributed by atoms with Crippen LogP contribution in [0, 0.1) is 6.92 Å². The molecule has 1 saturated carbocycles. The Morgan fingerprint density at radius 3 is 3.03 bits per heavy atom. The molecule has 1 spiro atoms. The van der Waals surface area contributed by atoms with E-state index in [-0.39, 0.29) is 11.6 Å². The first-order valence-electron chi connectivity index (χ1n) is 11.6. The highest BCUT2D eigenvalue weighted by molar-refractivity contribution is 6.03. The first-order chi connectivity index (χ1) is 16.0. The summed E-state index contributed by atoms with van der Waals surface area (Å²) in [7, 11) is 0. The predicted octanol–water partition coefficient (Wildman–Crippen LogP) is 2.37. The van der Waals surface area contributed by atoms with Gasteiger partial charge in [0.2, 0.25) is 0 Å². The van der Waals surface area contributed by atoms with Crippen LogP contribution in [0.1, 0.15) is 31.2 Å². The highest BCUT2D eigenvalue weighted by Crippen LogP contribution is 2.41. The summed E-state index contributed by atoms with van der Waals surface area (Å²) in [5.41, 5.74) is 3.88. The van der Waals surface area contributed by atoms with E-state index in [0.717, 1.165) is 37.4 Å². The molecule has 2 amide bonds. The zero-order valence-electron chi connectivity index (χ0n) is 19.0. The first kappa shape index (κ1) is 20.2. The van der Waals surface area contributed by atoms with Crippen molar-refractivity contribution in [1.29, 1.82) is 0 Å². The number of nitrogens with one attached hydrogen (secondary N) is 2. The molecule has 3 aromatic heterocycles. The molecule has 6 rings (SSSR count). The molecule has 2 N–H and O–H groups in total.